The maximum atomic E-state index is 11.4. The van der Waals surface area contributed by atoms with Gasteiger partial charge in [-0.25, -0.2) is 4.18 Å². The van der Waals surface area contributed by atoms with Crippen molar-refractivity contribution < 1.29 is 17.4 Å². The van der Waals surface area contributed by atoms with Crippen LogP contribution in [0, 0.1) is 5.41 Å². The normalized spacial score (nSPS) is 32.2. The van der Waals surface area contributed by atoms with Gasteiger partial charge in [0.2, 0.25) is 6.41 Å². The Kier molecular flexibility index (Phi) is 2.98. The summed E-state index contributed by atoms with van der Waals surface area (Å²) in [5.41, 5.74) is -1.15. The molecule has 5 nitrogen and oxygen atoms in total. The quantitative estimate of drug-likeness (QED) is 0.564. The number of hydrogen-bond acceptors (Lipinski definition) is 4. The molecule has 1 saturated heterocycles. The van der Waals surface area contributed by atoms with Gasteiger partial charge in [0.15, 0.2) is 5.72 Å². The average Bonchev–Trinajstić information content (AvgIpc) is 2.25. The van der Waals surface area contributed by atoms with E-state index in [1.165, 1.54) is 11.3 Å². The molecule has 1 heterocycles. The van der Waals surface area contributed by atoms with Gasteiger partial charge in [0.05, 0.1) is 6.26 Å². The van der Waals surface area contributed by atoms with Crippen molar-refractivity contribution in [3.8, 4) is 0 Å². The molecule has 6 heteroatoms. The minimum absolute atomic E-state index is 0.171. The molecule has 0 N–H and O–H groups in total. The zero-order chi connectivity index (χ0) is 12.7. The predicted octanol–water partition coefficient (Wildman–Crippen LogP) is 1.10. The van der Waals surface area contributed by atoms with Crippen LogP contribution in [0.4, 0.5) is 0 Å². The first kappa shape index (κ1) is 12.8. The molecule has 0 aromatic rings. The van der Waals surface area contributed by atoms with E-state index >= 15 is 0 Å². The SMILES string of the molecule is CC1(OS(C)(=O)=O)N(C=O)CC12CCCCC2. The van der Waals surface area contributed by atoms with E-state index in [2.05, 4.69) is 0 Å². The summed E-state index contributed by atoms with van der Waals surface area (Å²) in [6, 6.07) is 0. The van der Waals surface area contributed by atoms with E-state index in [9.17, 15) is 13.2 Å². The molecule has 2 rings (SSSR count). The van der Waals surface area contributed by atoms with E-state index < -0.39 is 15.8 Å². The van der Waals surface area contributed by atoms with E-state index in [1.807, 2.05) is 0 Å². The summed E-state index contributed by atoms with van der Waals surface area (Å²) in [7, 11) is -3.56. The topological polar surface area (TPSA) is 63.7 Å². The van der Waals surface area contributed by atoms with Gasteiger partial charge in [-0.3, -0.25) is 4.79 Å². The van der Waals surface area contributed by atoms with Crippen LogP contribution in [-0.4, -0.2) is 38.3 Å². The minimum Gasteiger partial charge on any atom is -0.315 e. The Balaban J connectivity index is 2.27. The number of rotatable bonds is 3. The lowest BCUT2D eigenvalue weighted by molar-refractivity contribution is -0.251. The highest BCUT2D eigenvalue weighted by Gasteiger charge is 2.63. The molecule has 0 aromatic heterocycles. The Morgan fingerprint density at radius 3 is 2.29 bits per heavy atom. The number of likely N-dealkylation sites (tertiary alicyclic amines) is 1. The van der Waals surface area contributed by atoms with Crippen LogP contribution in [0.1, 0.15) is 39.0 Å². The van der Waals surface area contributed by atoms with Crippen LogP contribution in [0.2, 0.25) is 0 Å². The standard InChI is InChI=1S/C11H19NO4S/c1-10(16-17(2,14)15)11(8-12(10)9-13)6-4-3-5-7-11/h9H,3-8H2,1-2H3. The minimum atomic E-state index is -3.56. The Labute approximate surface area is 102 Å². The molecule has 1 aliphatic heterocycles. The highest BCUT2D eigenvalue weighted by molar-refractivity contribution is 7.86. The van der Waals surface area contributed by atoms with Gasteiger partial charge in [0, 0.05) is 12.0 Å². The van der Waals surface area contributed by atoms with Crippen LogP contribution in [-0.2, 0) is 19.1 Å². The van der Waals surface area contributed by atoms with Gasteiger partial charge in [0.1, 0.15) is 0 Å². The number of amides is 1. The van der Waals surface area contributed by atoms with Crippen molar-refractivity contribution in [2.75, 3.05) is 12.8 Å². The average molecular weight is 261 g/mol. The largest absolute Gasteiger partial charge is 0.315 e. The zero-order valence-electron chi connectivity index (χ0n) is 10.3. The molecule has 2 fully saturated rings. The fourth-order valence-corrected chi connectivity index (χ4v) is 4.12. The molecule has 1 atom stereocenters. The van der Waals surface area contributed by atoms with E-state index in [4.69, 9.17) is 4.18 Å². The number of hydrogen-bond donors (Lipinski definition) is 0. The fraction of sp³-hybridized carbons (Fsp3) is 0.909. The molecule has 1 saturated carbocycles. The molecule has 98 valence electrons. The first-order valence-corrected chi connectivity index (χ1v) is 7.77. The van der Waals surface area contributed by atoms with E-state index in [1.54, 1.807) is 6.92 Å². The van der Waals surface area contributed by atoms with Gasteiger partial charge in [-0.2, -0.15) is 8.42 Å². The third kappa shape index (κ3) is 1.97. The first-order chi connectivity index (χ1) is 7.83. The third-order valence-electron chi connectivity index (χ3n) is 4.26. The summed E-state index contributed by atoms with van der Waals surface area (Å²) < 4.78 is 27.9. The lowest BCUT2D eigenvalue weighted by atomic mass is 9.61. The Morgan fingerprint density at radius 2 is 1.82 bits per heavy atom. The van der Waals surface area contributed by atoms with Gasteiger partial charge in [0.25, 0.3) is 10.1 Å². The first-order valence-electron chi connectivity index (χ1n) is 5.96. The molecular formula is C11H19NO4S. The third-order valence-corrected chi connectivity index (χ3v) is 4.88. The van der Waals surface area contributed by atoms with Gasteiger partial charge in [-0.1, -0.05) is 19.3 Å². The second kappa shape index (κ2) is 3.95. The Bertz CT molecular complexity index is 413. The number of carbonyl (C=O) groups is 1. The highest BCUT2D eigenvalue weighted by Crippen LogP contribution is 2.56. The van der Waals surface area contributed by atoms with Crippen molar-refractivity contribution in [2.24, 2.45) is 5.41 Å². The van der Waals surface area contributed by atoms with Crippen LogP contribution < -0.4 is 0 Å². The fourth-order valence-electron chi connectivity index (χ4n) is 3.26. The summed E-state index contributed by atoms with van der Waals surface area (Å²) in [6.45, 7) is 2.33. The number of carbonyl (C=O) groups excluding carboxylic acids is 1. The molecule has 17 heavy (non-hydrogen) atoms. The van der Waals surface area contributed by atoms with Crippen LogP contribution in [0.15, 0.2) is 0 Å². The molecular weight excluding hydrogens is 242 g/mol. The van der Waals surface area contributed by atoms with E-state index in [0.29, 0.717) is 13.0 Å². The molecule has 0 radical (unpaired) electrons. The molecule has 1 aliphatic carbocycles. The van der Waals surface area contributed by atoms with E-state index in [-0.39, 0.29) is 5.41 Å². The van der Waals surface area contributed by atoms with Crippen molar-refractivity contribution in [1.29, 1.82) is 0 Å². The van der Waals surface area contributed by atoms with Crippen molar-refractivity contribution in [3.63, 3.8) is 0 Å². The smallest absolute Gasteiger partial charge is 0.266 e. The summed E-state index contributed by atoms with van der Waals surface area (Å²) in [5, 5.41) is 0. The van der Waals surface area contributed by atoms with Crippen molar-refractivity contribution in [2.45, 2.75) is 44.8 Å². The Hall–Kier alpha value is -0.620. The van der Waals surface area contributed by atoms with Crippen molar-refractivity contribution in [3.05, 3.63) is 0 Å². The van der Waals surface area contributed by atoms with Crippen LogP contribution in [0.25, 0.3) is 0 Å². The maximum absolute atomic E-state index is 11.4. The second-order valence-corrected chi connectivity index (χ2v) is 6.92. The molecule has 0 bridgehead atoms. The molecule has 1 amide bonds. The van der Waals surface area contributed by atoms with Crippen molar-refractivity contribution >= 4 is 16.5 Å². The van der Waals surface area contributed by atoms with E-state index in [0.717, 1.165) is 31.9 Å². The van der Waals surface area contributed by atoms with Gasteiger partial charge < -0.3 is 4.90 Å². The summed E-state index contributed by atoms with van der Waals surface area (Å²) in [6.07, 6.45) is 6.93. The highest BCUT2D eigenvalue weighted by atomic mass is 32.2. The lowest BCUT2D eigenvalue weighted by Gasteiger charge is -2.63. The van der Waals surface area contributed by atoms with Crippen LogP contribution >= 0.6 is 0 Å². The summed E-state index contributed by atoms with van der Waals surface area (Å²) in [4.78, 5) is 12.4. The van der Waals surface area contributed by atoms with Crippen LogP contribution in [0.3, 0.4) is 0 Å². The monoisotopic (exact) mass is 261 g/mol. The second-order valence-electron chi connectivity index (χ2n) is 5.34. The number of nitrogens with zero attached hydrogens (tertiary/aromatic N) is 1. The predicted molar refractivity (Wildman–Crippen MR) is 62.6 cm³/mol. The maximum Gasteiger partial charge on any atom is 0.266 e. The zero-order valence-corrected chi connectivity index (χ0v) is 11.1. The van der Waals surface area contributed by atoms with Crippen LogP contribution in [0.5, 0.6) is 0 Å². The molecule has 1 unspecified atom stereocenters. The van der Waals surface area contributed by atoms with Crippen molar-refractivity contribution in [1.82, 2.24) is 4.90 Å². The van der Waals surface area contributed by atoms with Gasteiger partial charge in [-0.15, -0.1) is 0 Å². The summed E-state index contributed by atoms with van der Waals surface area (Å²) >= 11 is 0. The van der Waals surface area contributed by atoms with Gasteiger partial charge >= 0.3 is 0 Å². The van der Waals surface area contributed by atoms with Gasteiger partial charge in [-0.05, 0) is 19.8 Å². The Morgan fingerprint density at radius 1 is 1.24 bits per heavy atom. The molecule has 1 spiro atoms. The lowest BCUT2D eigenvalue weighted by Crippen LogP contribution is -2.74. The summed E-state index contributed by atoms with van der Waals surface area (Å²) in [5.74, 6) is 0. The molecule has 0 aromatic carbocycles. The molecule has 2 aliphatic rings.